The van der Waals surface area contributed by atoms with Gasteiger partial charge in [-0.05, 0) is 32.0 Å². The maximum atomic E-state index is 10.5. The van der Waals surface area contributed by atoms with Crippen LogP contribution in [-0.4, -0.2) is 9.97 Å². The second kappa shape index (κ2) is 4.80. The number of nitrogens with one attached hydrogen (secondary N) is 2. The van der Waals surface area contributed by atoms with E-state index in [1.54, 1.807) is 18.3 Å². The van der Waals surface area contributed by atoms with Gasteiger partial charge in [-0.3, -0.25) is 4.98 Å². The molecule has 0 saturated heterocycles. The van der Waals surface area contributed by atoms with Gasteiger partial charge in [-0.15, -0.1) is 0 Å². The molecule has 0 spiro atoms. The lowest BCUT2D eigenvalue weighted by molar-refractivity contribution is 1.12. The smallest absolute Gasteiger partial charge is 0.132 e. The fourth-order valence-electron chi connectivity index (χ4n) is 1.62. The van der Waals surface area contributed by atoms with E-state index in [0.29, 0.717) is 11.5 Å². The summed E-state index contributed by atoms with van der Waals surface area (Å²) in [6.45, 7) is 3.86. The molecule has 0 aliphatic heterocycles. The number of aromatic nitrogens is 2. The van der Waals surface area contributed by atoms with Crippen molar-refractivity contribution in [1.29, 1.82) is 0 Å². The molecule has 5 nitrogen and oxygen atoms in total. The highest BCUT2D eigenvalue weighted by Gasteiger charge is 1.99. The minimum Gasteiger partial charge on any atom is -0.761 e. The van der Waals surface area contributed by atoms with E-state index in [-0.39, 0.29) is 0 Å². The van der Waals surface area contributed by atoms with Crippen molar-refractivity contribution >= 4 is 17.2 Å². The van der Waals surface area contributed by atoms with Crippen molar-refractivity contribution in [2.75, 3.05) is 10.8 Å². The summed E-state index contributed by atoms with van der Waals surface area (Å²) in [5, 5.41) is 13.7. The highest BCUT2D eigenvalue weighted by atomic mass is 16.5. The average molecular weight is 229 g/mol. The molecule has 5 heteroatoms. The molecular formula is C12H13N4O-. The van der Waals surface area contributed by atoms with Crippen LogP contribution in [0.15, 0.2) is 30.5 Å². The number of rotatable bonds is 3. The van der Waals surface area contributed by atoms with Crippen molar-refractivity contribution in [3.8, 4) is 0 Å². The Hall–Kier alpha value is -2.14. The molecule has 0 aliphatic carbocycles. The zero-order valence-electron chi connectivity index (χ0n) is 9.69. The van der Waals surface area contributed by atoms with Gasteiger partial charge in [0, 0.05) is 35.0 Å². The third-order valence-corrected chi connectivity index (χ3v) is 2.23. The Morgan fingerprint density at radius 2 is 1.76 bits per heavy atom. The molecule has 2 N–H and O–H groups in total. The summed E-state index contributed by atoms with van der Waals surface area (Å²) in [5.41, 5.74) is 5.09. The van der Waals surface area contributed by atoms with Gasteiger partial charge in [0.15, 0.2) is 0 Å². The minimum atomic E-state index is 0.477. The second-order valence-electron chi connectivity index (χ2n) is 3.80. The van der Waals surface area contributed by atoms with Crippen molar-refractivity contribution in [3.05, 3.63) is 47.1 Å². The number of nitrogens with zero attached hydrogens (tertiary/aromatic N) is 2. The summed E-state index contributed by atoms with van der Waals surface area (Å²) in [5.74, 6) is 0.621. The lowest BCUT2D eigenvalue weighted by Gasteiger charge is -2.11. The zero-order valence-corrected chi connectivity index (χ0v) is 9.69. The van der Waals surface area contributed by atoms with Gasteiger partial charge in [-0.2, -0.15) is 0 Å². The normalized spacial score (nSPS) is 10.1. The number of hydrogen-bond acceptors (Lipinski definition) is 5. The summed E-state index contributed by atoms with van der Waals surface area (Å²) in [6, 6.07) is 7.11. The third-order valence-electron chi connectivity index (χ3n) is 2.23. The lowest BCUT2D eigenvalue weighted by Crippen LogP contribution is -1.97. The first-order chi connectivity index (χ1) is 8.17. The molecule has 2 rings (SSSR count). The lowest BCUT2D eigenvalue weighted by atomic mass is 10.3. The van der Waals surface area contributed by atoms with Crippen LogP contribution < -0.4 is 10.8 Å². The highest BCUT2D eigenvalue weighted by Crippen LogP contribution is 2.18. The van der Waals surface area contributed by atoms with E-state index in [1.807, 2.05) is 31.5 Å². The van der Waals surface area contributed by atoms with E-state index < -0.39 is 0 Å². The van der Waals surface area contributed by atoms with Crippen LogP contribution in [0.3, 0.4) is 0 Å². The Morgan fingerprint density at radius 1 is 1.06 bits per heavy atom. The first-order valence-electron chi connectivity index (χ1n) is 5.24. The SMILES string of the molecule is Cc1cc(Nc2cc(N[O-])ccn2)cc(C)n1. The predicted molar refractivity (Wildman–Crippen MR) is 68.2 cm³/mol. The number of anilines is 3. The summed E-state index contributed by atoms with van der Waals surface area (Å²) >= 11 is 0. The average Bonchev–Trinajstić information content (AvgIpc) is 2.28. The minimum absolute atomic E-state index is 0.477. The first-order valence-corrected chi connectivity index (χ1v) is 5.24. The monoisotopic (exact) mass is 229 g/mol. The maximum Gasteiger partial charge on any atom is 0.132 e. The molecule has 0 amide bonds. The van der Waals surface area contributed by atoms with Crippen molar-refractivity contribution in [1.82, 2.24) is 9.97 Å². The first kappa shape index (κ1) is 11.3. The fourth-order valence-corrected chi connectivity index (χ4v) is 1.62. The summed E-state index contributed by atoms with van der Waals surface area (Å²) in [4.78, 5) is 8.42. The fraction of sp³-hybridized carbons (Fsp3) is 0.167. The standard InChI is InChI=1S/C12H13N4O/c1-8-5-11(6-9(2)14-8)15-12-7-10(16-17)3-4-13-12/h3-7H,1-2H3,(H2-,13,14,15,16,17)/q-1. The van der Waals surface area contributed by atoms with Crippen LogP contribution >= 0.6 is 0 Å². The van der Waals surface area contributed by atoms with Crippen LogP contribution in [0, 0.1) is 19.1 Å². The van der Waals surface area contributed by atoms with Crippen molar-refractivity contribution < 1.29 is 0 Å². The highest BCUT2D eigenvalue weighted by molar-refractivity contribution is 5.61. The van der Waals surface area contributed by atoms with Crippen molar-refractivity contribution in [3.63, 3.8) is 0 Å². The van der Waals surface area contributed by atoms with Gasteiger partial charge in [0.1, 0.15) is 5.82 Å². The molecule has 0 aromatic carbocycles. The van der Waals surface area contributed by atoms with Gasteiger partial charge in [0.05, 0.1) is 0 Å². The molecule has 0 fully saturated rings. The van der Waals surface area contributed by atoms with Crippen molar-refractivity contribution in [2.24, 2.45) is 0 Å². The Balaban J connectivity index is 2.24. The van der Waals surface area contributed by atoms with Gasteiger partial charge in [-0.25, -0.2) is 4.98 Å². The van der Waals surface area contributed by atoms with Crippen LogP contribution in [0.4, 0.5) is 17.2 Å². The van der Waals surface area contributed by atoms with Crippen LogP contribution in [0.5, 0.6) is 0 Å². The number of pyridine rings is 2. The van der Waals surface area contributed by atoms with Crippen molar-refractivity contribution in [2.45, 2.75) is 13.8 Å². The molecule has 2 aromatic heterocycles. The van der Waals surface area contributed by atoms with Gasteiger partial charge >= 0.3 is 0 Å². The number of aryl methyl sites for hydroxylation is 2. The predicted octanol–water partition coefficient (Wildman–Crippen LogP) is 2.75. The van der Waals surface area contributed by atoms with Crippen LogP contribution in [0.1, 0.15) is 11.4 Å². The Bertz CT molecular complexity index is 507. The molecular weight excluding hydrogens is 216 g/mol. The largest absolute Gasteiger partial charge is 0.761 e. The molecule has 0 unspecified atom stereocenters. The maximum absolute atomic E-state index is 10.5. The summed E-state index contributed by atoms with van der Waals surface area (Å²) in [7, 11) is 0. The van der Waals surface area contributed by atoms with E-state index in [0.717, 1.165) is 17.1 Å². The summed E-state index contributed by atoms with van der Waals surface area (Å²) < 4.78 is 0. The second-order valence-corrected chi connectivity index (χ2v) is 3.80. The van der Waals surface area contributed by atoms with E-state index in [4.69, 9.17) is 0 Å². The quantitative estimate of drug-likeness (QED) is 0.792. The Morgan fingerprint density at radius 3 is 2.41 bits per heavy atom. The van der Waals surface area contributed by atoms with E-state index >= 15 is 0 Å². The Labute approximate surface area is 99.5 Å². The van der Waals surface area contributed by atoms with E-state index in [9.17, 15) is 5.21 Å². The van der Waals surface area contributed by atoms with Gasteiger partial charge in [0.2, 0.25) is 0 Å². The van der Waals surface area contributed by atoms with Gasteiger partial charge in [-0.1, -0.05) is 0 Å². The molecule has 0 atom stereocenters. The molecule has 2 aromatic rings. The van der Waals surface area contributed by atoms with Crippen LogP contribution in [0.25, 0.3) is 0 Å². The molecule has 2 heterocycles. The molecule has 0 radical (unpaired) electrons. The summed E-state index contributed by atoms with van der Waals surface area (Å²) in [6.07, 6.45) is 1.57. The van der Waals surface area contributed by atoms with Crippen LogP contribution in [-0.2, 0) is 0 Å². The van der Waals surface area contributed by atoms with E-state index in [2.05, 4.69) is 15.3 Å². The van der Waals surface area contributed by atoms with Gasteiger partial charge in [0.25, 0.3) is 0 Å². The molecule has 0 saturated carbocycles. The topological polar surface area (TPSA) is 72.9 Å². The molecule has 0 aliphatic rings. The third kappa shape index (κ3) is 2.92. The molecule has 17 heavy (non-hydrogen) atoms. The van der Waals surface area contributed by atoms with Gasteiger partial charge < -0.3 is 16.0 Å². The molecule has 0 bridgehead atoms. The Kier molecular flexibility index (Phi) is 3.20. The zero-order chi connectivity index (χ0) is 12.3. The van der Waals surface area contributed by atoms with Crippen LogP contribution in [0.2, 0.25) is 0 Å². The number of hydrogen-bond donors (Lipinski definition) is 2. The van der Waals surface area contributed by atoms with E-state index in [1.165, 1.54) is 0 Å². The molecule has 88 valence electrons.